The van der Waals surface area contributed by atoms with Crippen molar-refractivity contribution in [3.05, 3.63) is 60.7 Å². The van der Waals surface area contributed by atoms with Gasteiger partial charge >= 0.3 is 5.97 Å². The number of aromatic amines is 1. The van der Waals surface area contributed by atoms with Gasteiger partial charge in [0.15, 0.2) is 17.1 Å². The molecule has 9 heteroatoms. The third-order valence-electron chi connectivity index (χ3n) is 5.00. The Kier molecular flexibility index (Phi) is 3.88. The van der Waals surface area contributed by atoms with E-state index in [1.54, 1.807) is 6.07 Å². The van der Waals surface area contributed by atoms with Crippen molar-refractivity contribution in [3.8, 4) is 16.9 Å². The molecule has 0 aliphatic rings. The van der Waals surface area contributed by atoms with Crippen LogP contribution in [0.5, 0.6) is 5.75 Å². The largest absolute Gasteiger partial charge is 0.505 e. The average Bonchev–Trinajstić information content (AvgIpc) is 3.41. The molecule has 148 valence electrons. The van der Waals surface area contributed by atoms with Crippen molar-refractivity contribution in [2.75, 3.05) is 6.54 Å². The van der Waals surface area contributed by atoms with E-state index < -0.39 is 18.4 Å². The van der Waals surface area contributed by atoms with Crippen molar-refractivity contribution >= 4 is 39.2 Å². The number of amides is 1. The van der Waals surface area contributed by atoms with Crippen molar-refractivity contribution < 1.29 is 19.8 Å². The molecule has 0 fully saturated rings. The zero-order valence-electron chi connectivity index (χ0n) is 15.5. The number of aliphatic carboxylic acids is 1. The summed E-state index contributed by atoms with van der Waals surface area (Å²) in [6, 6.07) is 13.5. The molecule has 5 aromatic rings. The normalized spacial score (nSPS) is 11.3. The van der Waals surface area contributed by atoms with Crippen molar-refractivity contribution in [2.45, 2.75) is 0 Å². The fraction of sp³-hybridized carbons (Fsp3) is 0.0476. The zero-order valence-corrected chi connectivity index (χ0v) is 15.5. The summed E-state index contributed by atoms with van der Waals surface area (Å²) >= 11 is 0. The van der Waals surface area contributed by atoms with E-state index in [2.05, 4.69) is 20.4 Å². The van der Waals surface area contributed by atoms with Gasteiger partial charge in [0.25, 0.3) is 5.91 Å². The zero-order chi connectivity index (χ0) is 20.8. The SMILES string of the molecule is O=C(O)CNC(=O)c1c(O)c2ccc(-c3ccc4cc[nH]c4c3)cc2c2ncnn12. The van der Waals surface area contributed by atoms with Crippen LogP contribution < -0.4 is 5.32 Å². The molecule has 0 saturated carbocycles. The number of fused-ring (bicyclic) bond motifs is 4. The Morgan fingerprint density at radius 3 is 2.70 bits per heavy atom. The summed E-state index contributed by atoms with van der Waals surface area (Å²) in [7, 11) is 0. The van der Waals surface area contributed by atoms with Crippen molar-refractivity contribution in [2.24, 2.45) is 0 Å². The first kappa shape index (κ1) is 17.7. The number of benzene rings is 2. The number of aromatic hydroxyl groups is 1. The first-order valence-corrected chi connectivity index (χ1v) is 9.09. The molecule has 3 aromatic heterocycles. The number of H-pyrrole nitrogens is 1. The fourth-order valence-corrected chi connectivity index (χ4v) is 3.60. The van der Waals surface area contributed by atoms with Gasteiger partial charge in [-0.1, -0.05) is 18.2 Å². The van der Waals surface area contributed by atoms with E-state index in [1.165, 1.54) is 10.8 Å². The lowest BCUT2D eigenvalue weighted by Crippen LogP contribution is -2.31. The molecule has 0 atom stereocenters. The second kappa shape index (κ2) is 6.59. The second-order valence-corrected chi connectivity index (χ2v) is 6.81. The number of hydrogen-bond acceptors (Lipinski definition) is 5. The Hall–Kier alpha value is -4.40. The average molecular weight is 401 g/mol. The van der Waals surface area contributed by atoms with E-state index in [-0.39, 0.29) is 11.4 Å². The molecule has 0 aliphatic heterocycles. The minimum absolute atomic E-state index is 0.170. The van der Waals surface area contributed by atoms with Crippen LogP contribution >= 0.6 is 0 Å². The Labute approximate surface area is 168 Å². The smallest absolute Gasteiger partial charge is 0.322 e. The minimum Gasteiger partial charge on any atom is -0.505 e. The number of hydrogen-bond donors (Lipinski definition) is 4. The van der Waals surface area contributed by atoms with Gasteiger partial charge in [0.05, 0.1) is 0 Å². The van der Waals surface area contributed by atoms with Crippen molar-refractivity contribution in [1.82, 2.24) is 24.9 Å². The number of carboxylic acid groups (broad SMARTS) is 1. The number of carbonyl (C=O) groups is 2. The number of carbonyl (C=O) groups excluding carboxylic acids is 1. The van der Waals surface area contributed by atoms with Crippen LogP contribution in [0.3, 0.4) is 0 Å². The molecule has 30 heavy (non-hydrogen) atoms. The Bertz CT molecular complexity index is 1470. The molecule has 9 nitrogen and oxygen atoms in total. The van der Waals surface area contributed by atoms with Crippen LogP contribution in [0.2, 0.25) is 0 Å². The number of aromatic nitrogens is 4. The molecule has 0 bridgehead atoms. The molecule has 3 heterocycles. The predicted octanol–water partition coefficient (Wildman–Crippen LogP) is 2.55. The van der Waals surface area contributed by atoms with Gasteiger partial charge < -0.3 is 20.5 Å². The Balaban J connectivity index is 1.69. The van der Waals surface area contributed by atoms with Crippen LogP contribution in [-0.4, -0.2) is 48.2 Å². The molecular weight excluding hydrogens is 386 g/mol. The lowest BCUT2D eigenvalue weighted by Gasteiger charge is -2.12. The van der Waals surface area contributed by atoms with Gasteiger partial charge in [-0.2, -0.15) is 5.10 Å². The third kappa shape index (κ3) is 2.72. The topological polar surface area (TPSA) is 133 Å². The van der Waals surface area contributed by atoms with E-state index >= 15 is 0 Å². The van der Waals surface area contributed by atoms with Gasteiger partial charge in [0.1, 0.15) is 12.9 Å². The van der Waals surface area contributed by atoms with Crippen LogP contribution in [0.1, 0.15) is 10.5 Å². The third-order valence-corrected chi connectivity index (χ3v) is 5.00. The van der Waals surface area contributed by atoms with Crippen LogP contribution in [0.4, 0.5) is 0 Å². The molecule has 0 radical (unpaired) electrons. The highest BCUT2D eigenvalue weighted by atomic mass is 16.4. The first-order chi connectivity index (χ1) is 14.5. The lowest BCUT2D eigenvalue weighted by atomic mass is 10.00. The Morgan fingerprint density at radius 1 is 1.07 bits per heavy atom. The van der Waals surface area contributed by atoms with Crippen LogP contribution in [0, 0.1) is 0 Å². The molecule has 0 aliphatic carbocycles. The monoisotopic (exact) mass is 401 g/mol. The first-order valence-electron chi connectivity index (χ1n) is 9.09. The van der Waals surface area contributed by atoms with Gasteiger partial charge in [-0.05, 0) is 40.8 Å². The standard InChI is InChI=1S/C21H15N5O4/c27-17(28)9-23-21(30)18-19(29)14-4-3-12(7-15(14)20-24-10-25-26(18)20)13-2-1-11-5-6-22-16(11)8-13/h1-8,10,22,29H,9H2,(H,23,30)(H,27,28). The summed E-state index contributed by atoms with van der Waals surface area (Å²) < 4.78 is 1.22. The van der Waals surface area contributed by atoms with E-state index in [0.717, 1.165) is 22.0 Å². The molecule has 0 unspecified atom stereocenters. The highest BCUT2D eigenvalue weighted by Gasteiger charge is 2.22. The molecule has 0 spiro atoms. The van der Waals surface area contributed by atoms with E-state index in [1.807, 2.05) is 42.6 Å². The fourth-order valence-electron chi connectivity index (χ4n) is 3.60. The van der Waals surface area contributed by atoms with Gasteiger partial charge in [-0.15, -0.1) is 0 Å². The molecule has 4 N–H and O–H groups in total. The van der Waals surface area contributed by atoms with E-state index in [4.69, 9.17) is 5.11 Å². The molecule has 5 rings (SSSR count). The molecule has 0 saturated heterocycles. The number of pyridine rings is 1. The second-order valence-electron chi connectivity index (χ2n) is 6.81. The maximum absolute atomic E-state index is 12.5. The summed E-state index contributed by atoms with van der Waals surface area (Å²) in [4.78, 5) is 30.7. The maximum Gasteiger partial charge on any atom is 0.322 e. The summed E-state index contributed by atoms with van der Waals surface area (Å²) in [6.07, 6.45) is 3.16. The van der Waals surface area contributed by atoms with Crippen LogP contribution in [0.25, 0.3) is 38.4 Å². The van der Waals surface area contributed by atoms with Gasteiger partial charge in [-0.3, -0.25) is 9.59 Å². The molecule has 1 amide bonds. The van der Waals surface area contributed by atoms with Crippen LogP contribution in [0.15, 0.2) is 55.0 Å². The highest BCUT2D eigenvalue weighted by molar-refractivity contribution is 6.08. The van der Waals surface area contributed by atoms with E-state index in [9.17, 15) is 14.7 Å². The highest BCUT2D eigenvalue weighted by Crippen LogP contribution is 2.34. The lowest BCUT2D eigenvalue weighted by molar-refractivity contribution is -0.135. The predicted molar refractivity (Wildman–Crippen MR) is 109 cm³/mol. The van der Waals surface area contributed by atoms with Gasteiger partial charge in [-0.25, -0.2) is 9.50 Å². The maximum atomic E-state index is 12.5. The van der Waals surface area contributed by atoms with Crippen molar-refractivity contribution in [1.29, 1.82) is 0 Å². The molecular formula is C21H15N5O4. The summed E-state index contributed by atoms with van der Waals surface area (Å²) in [5, 5.41) is 28.0. The number of nitrogens with one attached hydrogen (secondary N) is 2. The van der Waals surface area contributed by atoms with Crippen LogP contribution in [-0.2, 0) is 4.79 Å². The summed E-state index contributed by atoms with van der Waals surface area (Å²) in [6.45, 7) is -0.577. The number of nitrogens with zero attached hydrogens (tertiary/aromatic N) is 3. The van der Waals surface area contributed by atoms with E-state index in [0.29, 0.717) is 16.4 Å². The quantitative estimate of drug-likeness (QED) is 0.366. The molecule has 2 aromatic carbocycles. The minimum atomic E-state index is -1.19. The summed E-state index contributed by atoms with van der Waals surface area (Å²) in [5.41, 5.74) is 3.11. The van der Waals surface area contributed by atoms with Gasteiger partial charge in [0.2, 0.25) is 0 Å². The van der Waals surface area contributed by atoms with Gasteiger partial charge in [0, 0.05) is 22.5 Å². The number of rotatable bonds is 4. The Morgan fingerprint density at radius 2 is 1.87 bits per heavy atom. The number of carboxylic acids is 1. The summed E-state index contributed by atoms with van der Waals surface area (Å²) in [5.74, 6) is -2.24. The van der Waals surface area contributed by atoms with Crippen molar-refractivity contribution in [3.63, 3.8) is 0 Å².